The third kappa shape index (κ3) is 1.98. The van der Waals surface area contributed by atoms with Crippen molar-refractivity contribution in [3.05, 3.63) is 17.0 Å². The molecule has 0 bridgehead atoms. The van der Waals surface area contributed by atoms with E-state index in [1.807, 2.05) is 6.92 Å². The Morgan fingerprint density at radius 2 is 2.21 bits per heavy atom. The fraction of sp³-hybridized carbons (Fsp3) is 0.727. The van der Waals surface area contributed by atoms with Gasteiger partial charge in [0, 0.05) is 5.69 Å². The van der Waals surface area contributed by atoms with Crippen LogP contribution in [0.5, 0.6) is 0 Å². The first kappa shape index (κ1) is 9.71. The standard InChI is InChI=1S/C11H18N2O/c1-8(14)6-7-11-9-4-2-3-5-10(9)12-13-11/h8,14H,2-7H2,1H3,(H,12,13). The summed E-state index contributed by atoms with van der Waals surface area (Å²) in [5, 5.41) is 16.7. The lowest BCUT2D eigenvalue weighted by Gasteiger charge is -2.11. The second kappa shape index (κ2) is 4.13. The van der Waals surface area contributed by atoms with E-state index in [0.29, 0.717) is 0 Å². The monoisotopic (exact) mass is 194 g/mol. The van der Waals surface area contributed by atoms with Gasteiger partial charge in [0.2, 0.25) is 0 Å². The third-order valence-corrected chi connectivity index (χ3v) is 2.94. The predicted octanol–water partition coefficient (Wildman–Crippen LogP) is 1.60. The van der Waals surface area contributed by atoms with Crippen molar-refractivity contribution in [3.8, 4) is 0 Å². The van der Waals surface area contributed by atoms with Crippen molar-refractivity contribution in [2.75, 3.05) is 0 Å². The Labute approximate surface area is 84.5 Å². The van der Waals surface area contributed by atoms with Crippen LogP contribution in [-0.2, 0) is 19.3 Å². The molecule has 2 rings (SSSR count). The molecule has 0 spiro atoms. The fourth-order valence-electron chi connectivity index (χ4n) is 2.10. The van der Waals surface area contributed by atoms with Crippen LogP contribution in [0.15, 0.2) is 0 Å². The van der Waals surface area contributed by atoms with E-state index >= 15 is 0 Å². The van der Waals surface area contributed by atoms with Gasteiger partial charge in [0.15, 0.2) is 0 Å². The lowest BCUT2D eigenvalue weighted by Crippen LogP contribution is -2.05. The molecular weight excluding hydrogens is 176 g/mol. The van der Waals surface area contributed by atoms with E-state index in [1.165, 1.54) is 36.2 Å². The molecule has 1 aliphatic carbocycles. The van der Waals surface area contributed by atoms with Crippen molar-refractivity contribution in [2.45, 2.75) is 51.6 Å². The molecule has 78 valence electrons. The van der Waals surface area contributed by atoms with Crippen LogP contribution >= 0.6 is 0 Å². The maximum atomic E-state index is 9.22. The molecule has 1 aromatic rings. The minimum Gasteiger partial charge on any atom is -0.393 e. The Balaban J connectivity index is 2.06. The van der Waals surface area contributed by atoms with Crippen molar-refractivity contribution in [1.29, 1.82) is 0 Å². The van der Waals surface area contributed by atoms with Gasteiger partial charge in [-0.3, -0.25) is 5.10 Å². The second-order valence-corrected chi connectivity index (χ2v) is 4.22. The molecule has 0 radical (unpaired) electrons. The molecular formula is C11H18N2O. The van der Waals surface area contributed by atoms with Gasteiger partial charge in [0.05, 0.1) is 11.8 Å². The Morgan fingerprint density at radius 3 is 3.00 bits per heavy atom. The first-order valence-electron chi connectivity index (χ1n) is 5.50. The number of fused-ring (bicyclic) bond motifs is 1. The molecule has 3 nitrogen and oxygen atoms in total. The molecule has 0 fully saturated rings. The quantitative estimate of drug-likeness (QED) is 0.768. The zero-order chi connectivity index (χ0) is 9.97. The van der Waals surface area contributed by atoms with E-state index in [9.17, 15) is 5.11 Å². The zero-order valence-corrected chi connectivity index (χ0v) is 8.71. The number of aromatic nitrogens is 2. The topological polar surface area (TPSA) is 48.9 Å². The molecule has 0 aromatic carbocycles. The molecule has 1 atom stereocenters. The van der Waals surface area contributed by atoms with Gasteiger partial charge in [-0.05, 0) is 51.0 Å². The molecule has 1 aliphatic rings. The molecule has 1 unspecified atom stereocenters. The number of rotatable bonds is 3. The van der Waals surface area contributed by atoms with Gasteiger partial charge in [-0.2, -0.15) is 5.10 Å². The summed E-state index contributed by atoms with van der Waals surface area (Å²) in [5.74, 6) is 0. The summed E-state index contributed by atoms with van der Waals surface area (Å²) in [4.78, 5) is 0. The summed E-state index contributed by atoms with van der Waals surface area (Å²) in [6.07, 6.45) is 6.39. The number of aliphatic hydroxyl groups is 1. The van der Waals surface area contributed by atoms with Gasteiger partial charge < -0.3 is 5.11 Å². The number of H-pyrrole nitrogens is 1. The predicted molar refractivity (Wildman–Crippen MR) is 55.2 cm³/mol. The molecule has 0 amide bonds. The Bertz CT molecular complexity index is 304. The van der Waals surface area contributed by atoms with Gasteiger partial charge in [0.25, 0.3) is 0 Å². The fourth-order valence-corrected chi connectivity index (χ4v) is 2.10. The average molecular weight is 194 g/mol. The van der Waals surface area contributed by atoms with Crippen LogP contribution in [0.25, 0.3) is 0 Å². The van der Waals surface area contributed by atoms with Crippen LogP contribution in [0.3, 0.4) is 0 Å². The van der Waals surface area contributed by atoms with Crippen molar-refractivity contribution < 1.29 is 5.11 Å². The van der Waals surface area contributed by atoms with Gasteiger partial charge in [-0.25, -0.2) is 0 Å². The van der Waals surface area contributed by atoms with Crippen LogP contribution in [0.2, 0.25) is 0 Å². The molecule has 14 heavy (non-hydrogen) atoms. The maximum Gasteiger partial charge on any atom is 0.0657 e. The maximum absolute atomic E-state index is 9.22. The number of hydrogen-bond acceptors (Lipinski definition) is 2. The van der Waals surface area contributed by atoms with E-state index in [2.05, 4.69) is 10.2 Å². The number of aliphatic hydroxyl groups excluding tert-OH is 1. The lowest BCUT2D eigenvalue weighted by molar-refractivity contribution is 0.184. The summed E-state index contributed by atoms with van der Waals surface area (Å²) >= 11 is 0. The number of aromatic amines is 1. The highest BCUT2D eigenvalue weighted by Crippen LogP contribution is 2.22. The smallest absolute Gasteiger partial charge is 0.0657 e. The van der Waals surface area contributed by atoms with Gasteiger partial charge in [-0.15, -0.1) is 0 Å². The molecule has 1 aromatic heterocycles. The SMILES string of the molecule is CC(O)CCc1n[nH]c2c1CCCC2. The summed E-state index contributed by atoms with van der Waals surface area (Å²) in [7, 11) is 0. The van der Waals surface area contributed by atoms with E-state index in [4.69, 9.17) is 0 Å². The summed E-state index contributed by atoms with van der Waals surface area (Å²) in [5.41, 5.74) is 3.94. The number of nitrogens with zero attached hydrogens (tertiary/aromatic N) is 1. The van der Waals surface area contributed by atoms with Gasteiger partial charge in [-0.1, -0.05) is 0 Å². The summed E-state index contributed by atoms with van der Waals surface area (Å²) in [6.45, 7) is 1.83. The highest BCUT2D eigenvalue weighted by atomic mass is 16.3. The highest BCUT2D eigenvalue weighted by molar-refractivity contribution is 5.27. The molecule has 0 aliphatic heterocycles. The summed E-state index contributed by atoms with van der Waals surface area (Å²) in [6, 6.07) is 0. The minimum atomic E-state index is -0.217. The second-order valence-electron chi connectivity index (χ2n) is 4.22. The third-order valence-electron chi connectivity index (χ3n) is 2.94. The van der Waals surface area contributed by atoms with Crippen molar-refractivity contribution >= 4 is 0 Å². The Morgan fingerprint density at radius 1 is 1.43 bits per heavy atom. The van der Waals surface area contributed by atoms with Crippen LogP contribution < -0.4 is 0 Å². The first-order valence-corrected chi connectivity index (χ1v) is 5.50. The Hall–Kier alpha value is -0.830. The minimum absolute atomic E-state index is 0.217. The first-order chi connectivity index (χ1) is 6.77. The van der Waals surface area contributed by atoms with E-state index in [1.54, 1.807) is 0 Å². The highest BCUT2D eigenvalue weighted by Gasteiger charge is 2.16. The number of aryl methyl sites for hydroxylation is 2. The van der Waals surface area contributed by atoms with Crippen molar-refractivity contribution in [1.82, 2.24) is 10.2 Å². The van der Waals surface area contributed by atoms with E-state index < -0.39 is 0 Å². The van der Waals surface area contributed by atoms with E-state index in [-0.39, 0.29) is 6.10 Å². The van der Waals surface area contributed by atoms with Crippen LogP contribution in [-0.4, -0.2) is 21.4 Å². The average Bonchev–Trinajstić information content (AvgIpc) is 2.58. The Kier molecular flexibility index (Phi) is 2.87. The number of nitrogens with one attached hydrogen (secondary N) is 1. The number of hydrogen-bond donors (Lipinski definition) is 2. The molecule has 1 heterocycles. The normalized spacial score (nSPS) is 17.9. The molecule has 0 saturated heterocycles. The lowest BCUT2D eigenvalue weighted by atomic mass is 9.94. The van der Waals surface area contributed by atoms with Crippen molar-refractivity contribution in [3.63, 3.8) is 0 Å². The van der Waals surface area contributed by atoms with Gasteiger partial charge >= 0.3 is 0 Å². The van der Waals surface area contributed by atoms with E-state index in [0.717, 1.165) is 19.3 Å². The molecule has 3 heteroatoms. The van der Waals surface area contributed by atoms with Gasteiger partial charge in [0.1, 0.15) is 0 Å². The van der Waals surface area contributed by atoms with Crippen LogP contribution in [0.4, 0.5) is 0 Å². The van der Waals surface area contributed by atoms with Crippen molar-refractivity contribution in [2.24, 2.45) is 0 Å². The van der Waals surface area contributed by atoms with Crippen LogP contribution in [0.1, 0.15) is 43.1 Å². The summed E-state index contributed by atoms with van der Waals surface area (Å²) < 4.78 is 0. The largest absolute Gasteiger partial charge is 0.393 e. The zero-order valence-electron chi connectivity index (χ0n) is 8.71. The molecule has 0 saturated carbocycles. The van der Waals surface area contributed by atoms with Crippen LogP contribution in [0, 0.1) is 0 Å². The molecule has 2 N–H and O–H groups in total.